The van der Waals surface area contributed by atoms with Gasteiger partial charge in [0.1, 0.15) is 11.6 Å². The van der Waals surface area contributed by atoms with E-state index in [0.29, 0.717) is 0 Å². The number of aromatic amines is 1. The highest BCUT2D eigenvalue weighted by Gasteiger charge is 2.26. The second-order valence-corrected chi connectivity index (χ2v) is 6.52. The van der Waals surface area contributed by atoms with Crippen LogP contribution < -0.4 is 10.1 Å². The van der Waals surface area contributed by atoms with Gasteiger partial charge in [-0.3, -0.25) is 0 Å². The normalized spacial score (nSPS) is 17.1. The number of aromatic nitrogens is 1. The van der Waals surface area contributed by atoms with Gasteiger partial charge >= 0.3 is 0 Å². The van der Waals surface area contributed by atoms with Crippen LogP contribution in [0.5, 0.6) is 5.75 Å². The first-order valence-corrected chi connectivity index (χ1v) is 8.27. The van der Waals surface area contributed by atoms with Crippen LogP contribution in [0.4, 0.5) is 4.39 Å². The third-order valence-corrected chi connectivity index (χ3v) is 5.01. The van der Waals surface area contributed by atoms with Gasteiger partial charge in [-0.1, -0.05) is 6.07 Å². The number of ether oxygens (including phenoxy) is 1. The molecule has 0 bridgehead atoms. The molecule has 3 aromatic rings. The molecule has 0 spiro atoms. The zero-order chi connectivity index (χ0) is 16.8. The maximum atomic E-state index is 13.7. The predicted molar refractivity (Wildman–Crippen MR) is 94.3 cm³/mol. The van der Waals surface area contributed by atoms with Crippen LogP contribution in [-0.4, -0.2) is 18.6 Å². The molecular weight excluding hydrogens is 303 g/mol. The largest absolute Gasteiger partial charge is 0.496 e. The number of hydrogen-bond donors (Lipinski definition) is 2. The van der Waals surface area contributed by atoms with Gasteiger partial charge in [-0.15, -0.1) is 0 Å². The molecule has 0 radical (unpaired) electrons. The second kappa shape index (κ2) is 5.64. The quantitative estimate of drug-likeness (QED) is 0.742. The number of rotatable bonds is 2. The first-order valence-electron chi connectivity index (χ1n) is 8.27. The molecule has 1 aromatic heterocycles. The Labute approximate surface area is 140 Å². The zero-order valence-electron chi connectivity index (χ0n) is 14.2. The van der Waals surface area contributed by atoms with E-state index in [1.165, 1.54) is 22.8 Å². The van der Waals surface area contributed by atoms with Crippen molar-refractivity contribution < 1.29 is 9.13 Å². The Morgan fingerprint density at radius 2 is 1.96 bits per heavy atom. The molecule has 2 aromatic carbocycles. The maximum absolute atomic E-state index is 13.7. The lowest BCUT2D eigenvalue weighted by molar-refractivity contribution is 0.411. The molecule has 0 aliphatic carbocycles. The Bertz CT molecular complexity index is 929. The third kappa shape index (κ3) is 2.29. The van der Waals surface area contributed by atoms with Crippen molar-refractivity contribution in [2.45, 2.75) is 26.3 Å². The van der Waals surface area contributed by atoms with Crippen LogP contribution in [-0.2, 0) is 6.42 Å². The maximum Gasteiger partial charge on any atom is 0.123 e. The number of halogens is 1. The van der Waals surface area contributed by atoms with Gasteiger partial charge in [0.05, 0.1) is 13.2 Å². The van der Waals surface area contributed by atoms with Gasteiger partial charge in [0, 0.05) is 23.1 Å². The van der Waals surface area contributed by atoms with Gasteiger partial charge in [-0.25, -0.2) is 4.39 Å². The average Bonchev–Trinajstić information content (AvgIpc) is 2.94. The lowest BCUT2D eigenvalue weighted by Crippen LogP contribution is -2.31. The Morgan fingerprint density at radius 1 is 1.12 bits per heavy atom. The molecule has 1 atom stereocenters. The molecule has 0 saturated carbocycles. The van der Waals surface area contributed by atoms with Crippen LogP contribution in [0.15, 0.2) is 30.3 Å². The van der Waals surface area contributed by atoms with Gasteiger partial charge in [0.2, 0.25) is 0 Å². The van der Waals surface area contributed by atoms with E-state index in [2.05, 4.69) is 36.3 Å². The summed E-state index contributed by atoms with van der Waals surface area (Å²) in [5, 5.41) is 4.61. The fourth-order valence-corrected chi connectivity index (χ4v) is 3.81. The minimum absolute atomic E-state index is 0.0915. The molecule has 3 nitrogen and oxygen atoms in total. The highest BCUT2D eigenvalue weighted by atomic mass is 19.1. The van der Waals surface area contributed by atoms with Gasteiger partial charge < -0.3 is 15.0 Å². The molecule has 24 heavy (non-hydrogen) atoms. The van der Waals surface area contributed by atoms with Gasteiger partial charge in [0.25, 0.3) is 0 Å². The monoisotopic (exact) mass is 324 g/mol. The van der Waals surface area contributed by atoms with Crippen LogP contribution in [0.25, 0.3) is 10.9 Å². The number of nitrogens with one attached hydrogen (secondary N) is 2. The van der Waals surface area contributed by atoms with E-state index in [9.17, 15) is 4.39 Å². The van der Waals surface area contributed by atoms with E-state index in [4.69, 9.17) is 4.74 Å². The first-order chi connectivity index (χ1) is 11.6. The summed E-state index contributed by atoms with van der Waals surface area (Å²) in [4.78, 5) is 3.51. The van der Waals surface area contributed by atoms with Crippen LogP contribution in [0.1, 0.15) is 34.0 Å². The summed E-state index contributed by atoms with van der Waals surface area (Å²) >= 11 is 0. The van der Waals surface area contributed by atoms with Crippen molar-refractivity contribution in [2.24, 2.45) is 0 Å². The van der Waals surface area contributed by atoms with Crippen LogP contribution >= 0.6 is 0 Å². The van der Waals surface area contributed by atoms with Crippen LogP contribution in [0, 0.1) is 19.7 Å². The highest BCUT2D eigenvalue weighted by molar-refractivity contribution is 5.85. The molecule has 2 N–H and O–H groups in total. The molecule has 4 heteroatoms. The van der Waals surface area contributed by atoms with E-state index in [1.807, 2.05) is 6.07 Å². The average molecular weight is 324 g/mol. The summed E-state index contributed by atoms with van der Waals surface area (Å²) in [6.07, 6.45) is 0.906. The summed E-state index contributed by atoms with van der Waals surface area (Å²) in [7, 11) is 1.70. The molecule has 2 heterocycles. The lowest BCUT2D eigenvalue weighted by Gasteiger charge is -2.27. The predicted octanol–water partition coefficient (Wildman–Crippen LogP) is 4.17. The fraction of sp³-hybridized carbons (Fsp3) is 0.300. The Balaban J connectivity index is 1.88. The summed E-state index contributed by atoms with van der Waals surface area (Å²) in [6.45, 7) is 5.05. The van der Waals surface area contributed by atoms with Crippen molar-refractivity contribution in [2.75, 3.05) is 13.7 Å². The number of fused-ring (bicyclic) bond motifs is 3. The summed E-state index contributed by atoms with van der Waals surface area (Å²) in [6, 6.07) is 9.34. The molecule has 124 valence electrons. The van der Waals surface area contributed by atoms with Crippen LogP contribution in [0.2, 0.25) is 0 Å². The smallest absolute Gasteiger partial charge is 0.123 e. The minimum Gasteiger partial charge on any atom is -0.496 e. The van der Waals surface area contributed by atoms with Crippen molar-refractivity contribution in [3.05, 3.63) is 64.1 Å². The van der Waals surface area contributed by atoms with E-state index in [-0.39, 0.29) is 11.9 Å². The SMILES string of the molecule is COc1cc(C)c(C2NCCc3c2[nH]c2ccc(F)cc32)cc1C. The topological polar surface area (TPSA) is 37.0 Å². The van der Waals surface area contributed by atoms with Crippen molar-refractivity contribution >= 4 is 10.9 Å². The minimum atomic E-state index is -0.184. The molecule has 1 unspecified atom stereocenters. The van der Waals surface area contributed by atoms with E-state index < -0.39 is 0 Å². The fourth-order valence-electron chi connectivity index (χ4n) is 3.81. The van der Waals surface area contributed by atoms with Crippen LogP contribution in [0.3, 0.4) is 0 Å². The number of H-pyrrole nitrogens is 1. The Hall–Kier alpha value is -2.33. The first kappa shape index (κ1) is 15.2. The van der Waals surface area contributed by atoms with E-state index in [1.54, 1.807) is 13.2 Å². The summed E-state index contributed by atoms with van der Waals surface area (Å²) < 4.78 is 19.1. The lowest BCUT2D eigenvalue weighted by atomic mass is 9.90. The third-order valence-electron chi connectivity index (χ3n) is 5.01. The van der Waals surface area contributed by atoms with Crippen molar-refractivity contribution in [3.8, 4) is 5.75 Å². The molecular formula is C20H21FN2O. The van der Waals surface area contributed by atoms with E-state index in [0.717, 1.165) is 40.9 Å². The van der Waals surface area contributed by atoms with Crippen molar-refractivity contribution in [3.63, 3.8) is 0 Å². The Morgan fingerprint density at radius 3 is 2.75 bits per heavy atom. The number of methoxy groups -OCH3 is 1. The second-order valence-electron chi connectivity index (χ2n) is 6.52. The number of aryl methyl sites for hydroxylation is 2. The Kier molecular flexibility index (Phi) is 3.57. The summed E-state index contributed by atoms with van der Waals surface area (Å²) in [5.41, 5.74) is 6.91. The number of benzene rings is 2. The molecule has 1 aliphatic heterocycles. The molecule has 1 aliphatic rings. The molecule has 0 amide bonds. The van der Waals surface area contributed by atoms with E-state index >= 15 is 0 Å². The van der Waals surface area contributed by atoms with Gasteiger partial charge in [0.15, 0.2) is 0 Å². The highest BCUT2D eigenvalue weighted by Crippen LogP contribution is 2.36. The molecule has 4 rings (SSSR count). The summed E-state index contributed by atoms with van der Waals surface area (Å²) in [5.74, 6) is 0.724. The van der Waals surface area contributed by atoms with Crippen molar-refractivity contribution in [1.29, 1.82) is 0 Å². The van der Waals surface area contributed by atoms with Crippen molar-refractivity contribution in [1.82, 2.24) is 10.3 Å². The van der Waals surface area contributed by atoms with Gasteiger partial charge in [-0.05, 0) is 66.8 Å². The zero-order valence-corrected chi connectivity index (χ0v) is 14.2. The molecule has 0 fully saturated rings. The van der Waals surface area contributed by atoms with Gasteiger partial charge in [-0.2, -0.15) is 0 Å². The standard InChI is InChI=1S/C20H21FN2O/c1-11-9-18(24-3)12(2)8-15(11)19-20-14(6-7-22-19)16-10-13(21)4-5-17(16)23-20/h4-5,8-10,19,22-23H,6-7H2,1-3H3. The number of hydrogen-bond acceptors (Lipinski definition) is 2. The molecule has 0 saturated heterocycles.